The molecule has 0 aromatic rings. The Morgan fingerprint density at radius 1 is 1.70 bits per heavy atom. The molecule has 0 heterocycles. The summed E-state index contributed by atoms with van der Waals surface area (Å²) in [7, 11) is 0. The van der Waals surface area contributed by atoms with Crippen LogP contribution in [0.5, 0.6) is 0 Å². The van der Waals surface area contributed by atoms with E-state index in [1.54, 1.807) is 12.2 Å². The van der Waals surface area contributed by atoms with Gasteiger partial charge in [-0.2, -0.15) is 0 Å². The molecule has 0 amide bonds. The Bertz CT molecular complexity index is 213. The second kappa shape index (κ2) is 4.58. The van der Waals surface area contributed by atoms with E-state index in [9.17, 15) is 0 Å². The zero-order valence-electron chi connectivity index (χ0n) is 6.39. The minimum atomic E-state index is 0.650. The Morgan fingerprint density at radius 3 is 2.60 bits per heavy atom. The Morgan fingerprint density at radius 2 is 2.30 bits per heavy atom. The van der Waals surface area contributed by atoms with Crippen LogP contribution in [0.4, 0.5) is 0 Å². The molecule has 0 N–H and O–H groups in total. The summed E-state index contributed by atoms with van der Waals surface area (Å²) in [6, 6.07) is 0. The molecule has 1 nitrogen and oxygen atoms in total. The molecule has 0 unspecified atom stereocenters. The maximum atomic E-state index is 5.13. The molecule has 0 atom stereocenters. The van der Waals surface area contributed by atoms with Crippen molar-refractivity contribution in [3.05, 3.63) is 24.4 Å². The first-order valence-electron chi connectivity index (χ1n) is 3.05. The van der Waals surface area contributed by atoms with Gasteiger partial charge in [0.05, 0.1) is 0 Å². The predicted molar refractivity (Wildman–Crippen MR) is 45.9 cm³/mol. The lowest BCUT2D eigenvalue weighted by Crippen LogP contribution is -1.83. The highest BCUT2D eigenvalue weighted by Crippen LogP contribution is 1.94. The molecule has 1 heteroatoms. The molecule has 52 valence electrons. The molecule has 0 aromatic heterocycles. The van der Waals surface area contributed by atoms with Gasteiger partial charge in [0.1, 0.15) is 5.70 Å². The monoisotopic (exact) mass is 133 g/mol. The first-order valence-corrected chi connectivity index (χ1v) is 3.05. The van der Waals surface area contributed by atoms with Gasteiger partial charge in [0.2, 0.25) is 0 Å². The first-order chi connectivity index (χ1) is 4.74. The number of aliphatic imine (C=N–C) groups is 1. The fourth-order valence-electron chi connectivity index (χ4n) is 0.416. The van der Waals surface area contributed by atoms with Crippen molar-refractivity contribution in [2.45, 2.75) is 13.8 Å². The van der Waals surface area contributed by atoms with Gasteiger partial charge in [0.15, 0.2) is 0 Å². The third-order valence-corrected chi connectivity index (χ3v) is 1.01. The van der Waals surface area contributed by atoms with Gasteiger partial charge in [-0.3, -0.25) is 0 Å². The van der Waals surface area contributed by atoms with E-state index >= 15 is 0 Å². The van der Waals surface area contributed by atoms with Crippen LogP contribution in [-0.2, 0) is 0 Å². The summed E-state index contributed by atoms with van der Waals surface area (Å²) in [4.78, 5) is 4.06. The number of terminal acetylenes is 1. The molecule has 0 fully saturated rings. The summed E-state index contributed by atoms with van der Waals surface area (Å²) in [5, 5.41) is 0. The van der Waals surface area contributed by atoms with E-state index in [1.807, 2.05) is 13.8 Å². The molecule has 0 saturated carbocycles. The highest BCUT2D eigenvalue weighted by atomic mass is 14.7. The van der Waals surface area contributed by atoms with Crippen LogP contribution in [0.2, 0.25) is 0 Å². The Balaban J connectivity index is 4.41. The smallest absolute Gasteiger partial charge is 0.108 e. The molecule has 0 spiro atoms. The number of hydrogen-bond donors (Lipinski definition) is 0. The molecular weight excluding hydrogens is 122 g/mol. The van der Waals surface area contributed by atoms with Gasteiger partial charge in [0, 0.05) is 5.71 Å². The summed E-state index contributed by atoms with van der Waals surface area (Å²) in [6.45, 7) is 7.27. The minimum absolute atomic E-state index is 0.650. The van der Waals surface area contributed by atoms with Crippen LogP contribution in [0.15, 0.2) is 29.4 Å². The average molecular weight is 133 g/mol. The van der Waals surface area contributed by atoms with Gasteiger partial charge in [-0.15, -0.1) is 6.42 Å². The molecule has 0 aliphatic heterocycles. The Hall–Kier alpha value is -1.29. The van der Waals surface area contributed by atoms with E-state index in [4.69, 9.17) is 6.42 Å². The van der Waals surface area contributed by atoms with Crippen molar-refractivity contribution in [3.63, 3.8) is 0 Å². The van der Waals surface area contributed by atoms with E-state index < -0.39 is 0 Å². The minimum Gasteiger partial charge on any atom is -0.245 e. The van der Waals surface area contributed by atoms with Crippen molar-refractivity contribution < 1.29 is 0 Å². The highest BCUT2D eigenvalue weighted by molar-refractivity contribution is 5.93. The Labute approximate surface area is 62.2 Å². The van der Waals surface area contributed by atoms with Crippen LogP contribution < -0.4 is 0 Å². The summed E-state index contributed by atoms with van der Waals surface area (Å²) in [5.41, 5.74) is 1.49. The summed E-state index contributed by atoms with van der Waals surface area (Å²) in [5.74, 6) is 2.44. The number of nitrogens with zero attached hydrogens (tertiary/aromatic N) is 1. The van der Waals surface area contributed by atoms with Crippen LogP contribution in [0.1, 0.15) is 13.8 Å². The molecule has 0 saturated heterocycles. The predicted octanol–water partition coefficient (Wildman–Crippen LogP) is 2.17. The fourth-order valence-corrected chi connectivity index (χ4v) is 0.416. The fraction of sp³-hybridized carbons (Fsp3) is 0.222. The lowest BCUT2D eigenvalue weighted by Gasteiger charge is -1.89. The maximum Gasteiger partial charge on any atom is 0.108 e. The van der Waals surface area contributed by atoms with E-state index in [1.165, 1.54) is 0 Å². The summed E-state index contributed by atoms with van der Waals surface area (Å²) in [6.07, 6.45) is 8.58. The van der Waals surface area contributed by atoms with Gasteiger partial charge >= 0.3 is 0 Å². The zero-order valence-corrected chi connectivity index (χ0v) is 6.39. The van der Waals surface area contributed by atoms with Crippen molar-refractivity contribution in [1.29, 1.82) is 0 Å². The second-order valence-corrected chi connectivity index (χ2v) is 1.78. The van der Waals surface area contributed by atoms with Crippen molar-refractivity contribution in [3.8, 4) is 12.3 Å². The van der Waals surface area contributed by atoms with Crippen LogP contribution in [0.3, 0.4) is 0 Å². The SMILES string of the molecule is C#CC(=C/C)/N=C(/C)C=C. The van der Waals surface area contributed by atoms with Gasteiger partial charge in [-0.05, 0) is 19.9 Å². The summed E-state index contributed by atoms with van der Waals surface area (Å²) < 4.78 is 0. The molecule has 10 heavy (non-hydrogen) atoms. The van der Waals surface area contributed by atoms with E-state index in [-0.39, 0.29) is 0 Å². The molecule has 0 bridgehead atoms. The number of rotatable bonds is 2. The van der Waals surface area contributed by atoms with Crippen LogP contribution >= 0.6 is 0 Å². The molecule has 0 rings (SSSR count). The van der Waals surface area contributed by atoms with Crippen LogP contribution in [-0.4, -0.2) is 5.71 Å². The number of allylic oxidation sites excluding steroid dienone is 3. The Kier molecular flexibility index (Phi) is 3.99. The molecule has 0 radical (unpaired) electrons. The third kappa shape index (κ3) is 2.88. The van der Waals surface area contributed by atoms with Crippen molar-refractivity contribution in [2.24, 2.45) is 4.99 Å². The topological polar surface area (TPSA) is 12.4 Å². The van der Waals surface area contributed by atoms with Crippen molar-refractivity contribution in [2.75, 3.05) is 0 Å². The molecule has 0 aliphatic rings. The summed E-state index contributed by atoms with van der Waals surface area (Å²) >= 11 is 0. The second-order valence-electron chi connectivity index (χ2n) is 1.78. The highest BCUT2D eigenvalue weighted by Gasteiger charge is 1.84. The van der Waals surface area contributed by atoms with Gasteiger partial charge < -0.3 is 0 Å². The van der Waals surface area contributed by atoms with E-state index in [0.29, 0.717) is 5.70 Å². The maximum absolute atomic E-state index is 5.13. The zero-order chi connectivity index (χ0) is 7.98. The van der Waals surface area contributed by atoms with Crippen molar-refractivity contribution >= 4 is 5.71 Å². The normalized spacial score (nSPS) is 12.5. The quantitative estimate of drug-likeness (QED) is 0.404. The first kappa shape index (κ1) is 8.71. The lowest BCUT2D eigenvalue weighted by molar-refractivity contribution is 1.41. The molecule has 0 aliphatic carbocycles. The number of hydrogen-bond acceptors (Lipinski definition) is 1. The standard InChI is InChI=1S/C9H11N/c1-5-8(4)10-9(6-2)7-3/h2,5,7H,1H2,3-4H3/b9-7-,10-8-. The molecule has 0 aromatic carbocycles. The van der Waals surface area contributed by atoms with Gasteiger partial charge in [-0.25, -0.2) is 4.99 Å². The molecular formula is C9H11N. The lowest BCUT2D eigenvalue weighted by atomic mass is 10.4. The van der Waals surface area contributed by atoms with E-state index in [0.717, 1.165) is 5.71 Å². The van der Waals surface area contributed by atoms with Gasteiger partial charge in [0.25, 0.3) is 0 Å². The van der Waals surface area contributed by atoms with Crippen LogP contribution in [0.25, 0.3) is 0 Å². The van der Waals surface area contributed by atoms with Crippen LogP contribution in [0, 0.1) is 12.3 Å². The average Bonchev–Trinajstić information content (AvgIpc) is 1.99. The van der Waals surface area contributed by atoms with Crippen molar-refractivity contribution in [1.82, 2.24) is 0 Å². The van der Waals surface area contributed by atoms with E-state index in [2.05, 4.69) is 17.5 Å². The third-order valence-electron chi connectivity index (χ3n) is 1.01. The van der Waals surface area contributed by atoms with Gasteiger partial charge in [-0.1, -0.05) is 18.6 Å². The largest absolute Gasteiger partial charge is 0.245 e.